The van der Waals surface area contributed by atoms with Crippen LogP contribution < -0.4 is 5.32 Å². The lowest BCUT2D eigenvalue weighted by molar-refractivity contribution is -0.132. The van der Waals surface area contributed by atoms with E-state index in [1.54, 1.807) is 0 Å². The predicted molar refractivity (Wildman–Crippen MR) is 48.0 cm³/mol. The summed E-state index contributed by atoms with van der Waals surface area (Å²) < 4.78 is 0. The van der Waals surface area contributed by atoms with Crippen molar-refractivity contribution in [1.29, 1.82) is 0 Å². The van der Waals surface area contributed by atoms with Crippen LogP contribution in [0.25, 0.3) is 0 Å². The maximum absolute atomic E-state index is 11.7. The highest BCUT2D eigenvalue weighted by atomic mass is 16.1. The zero-order chi connectivity index (χ0) is 8.44. The molecule has 0 aromatic rings. The van der Waals surface area contributed by atoms with Gasteiger partial charge in [-0.3, -0.25) is 4.79 Å². The van der Waals surface area contributed by atoms with Gasteiger partial charge in [-0.15, -0.1) is 0 Å². The van der Waals surface area contributed by atoms with Crippen molar-refractivity contribution in [2.75, 3.05) is 13.1 Å². The van der Waals surface area contributed by atoms with Crippen molar-refractivity contribution in [1.82, 2.24) is 5.32 Å². The number of nitrogens with one attached hydrogen (secondary N) is 1. The molecule has 1 aliphatic carbocycles. The molecule has 1 saturated carbocycles. The van der Waals surface area contributed by atoms with Gasteiger partial charge >= 0.3 is 0 Å². The SMILES string of the molecule is O=C1CCNCC12CCCCC2. The van der Waals surface area contributed by atoms with E-state index < -0.39 is 0 Å². The molecule has 1 spiro atoms. The maximum Gasteiger partial charge on any atom is 0.141 e. The van der Waals surface area contributed by atoms with Gasteiger partial charge < -0.3 is 5.32 Å². The Morgan fingerprint density at radius 3 is 2.58 bits per heavy atom. The second kappa shape index (κ2) is 3.17. The Kier molecular flexibility index (Phi) is 2.18. The number of ketones is 1. The number of hydrogen-bond acceptors (Lipinski definition) is 2. The van der Waals surface area contributed by atoms with Gasteiger partial charge in [0.05, 0.1) is 0 Å². The molecule has 2 heteroatoms. The molecule has 68 valence electrons. The topological polar surface area (TPSA) is 29.1 Å². The summed E-state index contributed by atoms with van der Waals surface area (Å²) in [5.41, 5.74) is 0.0660. The first-order valence-corrected chi connectivity index (χ1v) is 5.08. The van der Waals surface area contributed by atoms with E-state index >= 15 is 0 Å². The Labute approximate surface area is 73.7 Å². The molecule has 2 fully saturated rings. The van der Waals surface area contributed by atoms with Crippen LogP contribution in [-0.2, 0) is 4.79 Å². The monoisotopic (exact) mass is 167 g/mol. The number of rotatable bonds is 0. The van der Waals surface area contributed by atoms with Crippen molar-refractivity contribution in [3.8, 4) is 0 Å². The Bertz CT molecular complexity index is 174. The highest BCUT2D eigenvalue weighted by Crippen LogP contribution is 2.38. The fourth-order valence-electron chi connectivity index (χ4n) is 2.58. The summed E-state index contributed by atoms with van der Waals surface area (Å²) in [6.45, 7) is 1.85. The fraction of sp³-hybridized carbons (Fsp3) is 0.900. The maximum atomic E-state index is 11.7. The van der Waals surface area contributed by atoms with E-state index in [0.717, 1.165) is 32.4 Å². The first kappa shape index (κ1) is 8.24. The van der Waals surface area contributed by atoms with E-state index in [0.29, 0.717) is 5.78 Å². The zero-order valence-electron chi connectivity index (χ0n) is 7.57. The number of carbonyl (C=O) groups is 1. The summed E-state index contributed by atoms with van der Waals surface area (Å²) in [6, 6.07) is 0. The molecule has 1 saturated heterocycles. The predicted octanol–water partition coefficient (Wildman–Crippen LogP) is 1.50. The summed E-state index contributed by atoms with van der Waals surface area (Å²) in [7, 11) is 0. The third-order valence-electron chi connectivity index (χ3n) is 3.39. The Morgan fingerprint density at radius 1 is 1.17 bits per heavy atom. The van der Waals surface area contributed by atoms with Crippen molar-refractivity contribution in [3.63, 3.8) is 0 Å². The molecule has 1 aliphatic heterocycles. The fourth-order valence-corrected chi connectivity index (χ4v) is 2.58. The van der Waals surface area contributed by atoms with Crippen LogP contribution in [0, 0.1) is 5.41 Å². The van der Waals surface area contributed by atoms with Gasteiger partial charge in [0.1, 0.15) is 5.78 Å². The van der Waals surface area contributed by atoms with Crippen LogP contribution in [-0.4, -0.2) is 18.9 Å². The molecule has 0 aromatic carbocycles. The molecule has 1 N–H and O–H groups in total. The normalized spacial score (nSPS) is 29.2. The molecular weight excluding hydrogens is 150 g/mol. The summed E-state index contributed by atoms with van der Waals surface area (Å²) in [5.74, 6) is 0.529. The number of piperidine rings is 1. The Morgan fingerprint density at radius 2 is 1.92 bits per heavy atom. The van der Waals surface area contributed by atoms with E-state index in [-0.39, 0.29) is 5.41 Å². The van der Waals surface area contributed by atoms with E-state index in [2.05, 4.69) is 5.32 Å². The van der Waals surface area contributed by atoms with E-state index in [4.69, 9.17) is 0 Å². The van der Waals surface area contributed by atoms with Crippen molar-refractivity contribution < 1.29 is 4.79 Å². The van der Waals surface area contributed by atoms with Crippen LogP contribution in [0.15, 0.2) is 0 Å². The lowest BCUT2D eigenvalue weighted by Crippen LogP contribution is -2.48. The Hall–Kier alpha value is -0.370. The lowest BCUT2D eigenvalue weighted by Gasteiger charge is -2.39. The van der Waals surface area contributed by atoms with Crippen molar-refractivity contribution in [2.45, 2.75) is 38.5 Å². The molecule has 12 heavy (non-hydrogen) atoms. The van der Waals surface area contributed by atoms with Gasteiger partial charge in [0.2, 0.25) is 0 Å². The van der Waals surface area contributed by atoms with Crippen molar-refractivity contribution >= 4 is 5.78 Å². The largest absolute Gasteiger partial charge is 0.315 e. The molecule has 0 bridgehead atoms. The van der Waals surface area contributed by atoms with Crippen LogP contribution in [0.1, 0.15) is 38.5 Å². The molecule has 1 heterocycles. The molecule has 0 aromatic heterocycles. The molecule has 2 rings (SSSR count). The molecule has 2 aliphatic rings. The van der Waals surface area contributed by atoms with E-state index in [1.165, 1.54) is 19.3 Å². The van der Waals surface area contributed by atoms with Gasteiger partial charge in [0, 0.05) is 24.9 Å². The second-order valence-corrected chi connectivity index (χ2v) is 4.19. The van der Waals surface area contributed by atoms with Crippen LogP contribution in [0.3, 0.4) is 0 Å². The molecular formula is C10H17NO. The quantitative estimate of drug-likeness (QED) is 0.592. The van der Waals surface area contributed by atoms with Crippen molar-refractivity contribution in [3.05, 3.63) is 0 Å². The second-order valence-electron chi connectivity index (χ2n) is 4.19. The molecule has 2 nitrogen and oxygen atoms in total. The van der Waals surface area contributed by atoms with Gasteiger partial charge in [-0.05, 0) is 12.8 Å². The number of carbonyl (C=O) groups excluding carboxylic acids is 1. The summed E-state index contributed by atoms with van der Waals surface area (Å²) in [4.78, 5) is 11.7. The number of Topliss-reactive ketones (excluding diaryl/α,β-unsaturated/α-hetero) is 1. The molecule has 0 atom stereocenters. The van der Waals surface area contributed by atoms with Crippen LogP contribution in [0.4, 0.5) is 0 Å². The number of hydrogen-bond donors (Lipinski definition) is 1. The summed E-state index contributed by atoms with van der Waals surface area (Å²) in [6.07, 6.45) is 6.88. The van der Waals surface area contributed by atoms with Crippen LogP contribution >= 0.6 is 0 Å². The van der Waals surface area contributed by atoms with Gasteiger partial charge in [0.15, 0.2) is 0 Å². The van der Waals surface area contributed by atoms with E-state index in [9.17, 15) is 4.79 Å². The third-order valence-corrected chi connectivity index (χ3v) is 3.39. The average molecular weight is 167 g/mol. The van der Waals surface area contributed by atoms with Gasteiger partial charge in [0.25, 0.3) is 0 Å². The Balaban J connectivity index is 2.09. The molecule has 0 radical (unpaired) electrons. The lowest BCUT2D eigenvalue weighted by atomic mass is 9.69. The van der Waals surface area contributed by atoms with Crippen LogP contribution in [0.2, 0.25) is 0 Å². The standard InChI is InChI=1S/C10H17NO/c12-9-4-7-11-8-10(9)5-2-1-3-6-10/h11H,1-8H2. The van der Waals surface area contributed by atoms with Gasteiger partial charge in [-0.2, -0.15) is 0 Å². The zero-order valence-corrected chi connectivity index (χ0v) is 7.57. The smallest absolute Gasteiger partial charge is 0.141 e. The van der Waals surface area contributed by atoms with Crippen LogP contribution in [0.5, 0.6) is 0 Å². The van der Waals surface area contributed by atoms with E-state index in [1.807, 2.05) is 0 Å². The van der Waals surface area contributed by atoms with Gasteiger partial charge in [-0.1, -0.05) is 19.3 Å². The first-order valence-electron chi connectivity index (χ1n) is 5.08. The summed E-state index contributed by atoms with van der Waals surface area (Å²) in [5, 5.41) is 3.35. The molecule has 0 unspecified atom stereocenters. The van der Waals surface area contributed by atoms with Gasteiger partial charge in [-0.25, -0.2) is 0 Å². The highest BCUT2D eigenvalue weighted by molar-refractivity contribution is 5.86. The minimum atomic E-state index is 0.0660. The average Bonchev–Trinajstić information content (AvgIpc) is 2.12. The van der Waals surface area contributed by atoms with Crippen molar-refractivity contribution in [2.24, 2.45) is 5.41 Å². The first-order chi connectivity index (χ1) is 5.83. The minimum absolute atomic E-state index is 0.0660. The molecule has 0 amide bonds. The third kappa shape index (κ3) is 1.28. The minimum Gasteiger partial charge on any atom is -0.315 e. The summed E-state index contributed by atoms with van der Waals surface area (Å²) >= 11 is 0. The highest BCUT2D eigenvalue weighted by Gasteiger charge is 2.40.